The summed E-state index contributed by atoms with van der Waals surface area (Å²) in [5.41, 5.74) is 1.59. The fourth-order valence-electron chi connectivity index (χ4n) is 3.28. The molecular weight excluding hydrogens is 239 g/mol. The Labute approximate surface area is 112 Å². The SMILES string of the molecule is CC[C@H](B(OC)[C@H](CC)[Si](C)(C)C)[Si](C)(C)C. The maximum absolute atomic E-state index is 5.98. The van der Waals surface area contributed by atoms with Gasteiger partial charge in [0, 0.05) is 23.3 Å². The van der Waals surface area contributed by atoms with Gasteiger partial charge in [0.1, 0.15) is 0 Å². The Kier molecular flexibility index (Phi) is 6.75. The largest absolute Gasteiger partial charge is 0.439 e. The molecule has 0 saturated heterocycles. The number of hydrogen-bond donors (Lipinski definition) is 0. The molecule has 1 nitrogen and oxygen atoms in total. The van der Waals surface area contributed by atoms with E-state index in [9.17, 15) is 0 Å². The first-order chi connectivity index (χ1) is 7.59. The van der Waals surface area contributed by atoms with Gasteiger partial charge in [-0.15, -0.1) is 0 Å². The van der Waals surface area contributed by atoms with Crippen molar-refractivity contribution >= 4 is 23.1 Å². The van der Waals surface area contributed by atoms with E-state index < -0.39 is 16.1 Å². The molecule has 17 heavy (non-hydrogen) atoms. The highest BCUT2D eigenvalue weighted by Gasteiger charge is 2.44. The molecule has 102 valence electrons. The smallest absolute Gasteiger partial charge is 0.293 e. The van der Waals surface area contributed by atoms with Gasteiger partial charge in [0.25, 0.3) is 6.92 Å². The van der Waals surface area contributed by atoms with Gasteiger partial charge < -0.3 is 4.65 Å². The lowest BCUT2D eigenvalue weighted by atomic mass is 9.58. The minimum atomic E-state index is -1.13. The summed E-state index contributed by atoms with van der Waals surface area (Å²) in [5, 5.41) is 0. The van der Waals surface area contributed by atoms with E-state index in [-0.39, 0.29) is 0 Å². The van der Waals surface area contributed by atoms with Crippen molar-refractivity contribution in [2.75, 3.05) is 7.11 Å². The van der Waals surface area contributed by atoms with Crippen molar-refractivity contribution in [3.05, 3.63) is 0 Å². The summed E-state index contributed by atoms with van der Waals surface area (Å²) in [6.07, 6.45) is 2.55. The van der Waals surface area contributed by atoms with Gasteiger partial charge >= 0.3 is 0 Å². The molecular formula is C13H33BOSi2. The molecule has 0 aliphatic carbocycles. The zero-order valence-electron chi connectivity index (χ0n) is 13.6. The summed E-state index contributed by atoms with van der Waals surface area (Å²) < 4.78 is 5.98. The number of hydrogen-bond acceptors (Lipinski definition) is 1. The highest BCUT2D eigenvalue weighted by molar-refractivity contribution is 6.95. The first-order valence-electron chi connectivity index (χ1n) is 7.12. The van der Waals surface area contributed by atoms with Crippen LogP contribution in [0, 0.1) is 0 Å². The Morgan fingerprint density at radius 2 is 1.12 bits per heavy atom. The molecule has 0 N–H and O–H groups in total. The van der Waals surface area contributed by atoms with Crippen LogP contribution >= 0.6 is 0 Å². The summed E-state index contributed by atoms with van der Waals surface area (Å²) in [5.74, 6) is 0. The maximum atomic E-state index is 5.98. The van der Waals surface area contributed by atoms with Crippen molar-refractivity contribution in [1.29, 1.82) is 0 Å². The average molecular weight is 272 g/mol. The zero-order valence-corrected chi connectivity index (χ0v) is 15.6. The molecule has 0 spiro atoms. The lowest BCUT2D eigenvalue weighted by molar-refractivity contribution is 0.406. The van der Waals surface area contributed by atoms with E-state index in [1.54, 1.807) is 0 Å². The fraction of sp³-hybridized carbons (Fsp3) is 1.00. The fourth-order valence-corrected chi connectivity index (χ4v) is 8.63. The third-order valence-corrected chi connectivity index (χ3v) is 10.1. The topological polar surface area (TPSA) is 9.23 Å². The van der Waals surface area contributed by atoms with Gasteiger partial charge in [0.15, 0.2) is 0 Å². The van der Waals surface area contributed by atoms with Gasteiger partial charge in [0.2, 0.25) is 0 Å². The molecule has 0 aromatic heterocycles. The summed E-state index contributed by atoms with van der Waals surface area (Å²) in [7, 11) is -0.336. The van der Waals surface area contributed by atoms with Gasteiger partial charge in [-0.05, 0) is 10.9 Å². The van der Waals surface area contributed by atoms with Crippen molar-refractivity contribution in [2.45, 2.75) is 76.9 Å². The summed E-state index contributed by atoms with van der Waals surface area (Å²) in [6.45, 7) is 20.1. The quantitative estimate of drug-likeness (QED) is 0.596. The lowest BCUT2D eigenvalue weighted by Crippen LogP contribution is -2.48. The molecule has 0 aliphatic rings. The van der Waals surface area contributed by atoms with E-state index in [0.29, 0.717) is 6.92 Å². The molecule has 0 fully saturated rings. The van der Waals surface area contributed by atoms with Crippen LogP contribution in [0.5, 0.6) is 0 Å². The van der Waals surface area contributed by atoms with Crippen LogP contribution in [-0.2, 0) is 4.65 Å². The van der Waals surface area contributed by atoms with Crippen molar-refractivity contribution in [3.63, 3.8) is 0 Å². The van der Waals surface area contributed by atoms with Crippen molar-refractivity contribution in [2.24, 2.45) is 0 Å². The van der Waals surface area contributed by atoms with Crippen LogP contribution in [0.3, 0.4) is 0 Å². The Morgan fingerprint density at radius 3 is 1.24 bits per heavy atom. The lowest BCUT2D eigenvalue weighted by Gasteiger charge is -2.40. The Morgan fingerprint density at radius 1 is 0.824 bits per heavy atom. The second-order valence-electron chi connectivity index (χ2n) is 7.46. The summed E-state index contributed by atoms with van der Waals surface area (Å²) >= 11 is 0. The van der Waals surface area contributed by atoms with Gasteiger partial charge in [-0.1, -0.05) is 66.0 Å². The van der Waals surface area contributed by atoms with Crippen LogP contribution < -0.4 is 0 Å². The summed E-state index contributed by atoms with van der Waals surface area (Å²) in [6, 6.07) is 0. The summed E-state index contributed by atoms with van der Waals surface area (Å²) in [4.78, 5) is 0. The standard InChI is InChI=1S/C13H33BOSi2/c1-10-12(16(4,5)6)14(15-3)13(11-2)17(7,8)9/h12-13H,10-11H2,1-9H3/t12-,13+. The Balaban J connectivity index is 5.15. The molecule has 0 saturated carbocycles. The van der Waals surface area contributed by atoms with E-state index in [1.807, 2.05) is 7.11 Å². The highest BCUT2D eigenvalue weighted by atomic mass is 28.3. The van der Waals surface area contributed by atoms with E-state index in [0.717, 1.165) is 10.9 Å². The molecule has 0 bridgehead atoms. The monoisotopic (exact) mass is 272 g/mol. The Bertz CT molecular complexity index is 198. The zero-order chi connectivity index (χ0) is 13.9. The third kappa shape index (κ3) is 4.91. The van der Waals surface area contributed by atoms with Crippen LogP contribution in [0.4, 0.5) is 0 Å². The highest BCUT2D eigenvalue weighted by Crippen LogP contribution is 2.39. The van der Waals surface area contributed by atoms with E-state index in [1.165, 1.54) is 12.8 Å². The second kappa shape index (κ2) is 6.57. The van der Waals surface area contributed by atoms with Crippen LogP contribution in [0.15, 0.2) is 0 Å². The van der Waals surface area contributed by atoms with E-state index in [4.69, 9.17) is 4.65 Å². The first-order valence-corrected chi connectivity index (χ1v) is 14.3. The maximum Gasteiger partial charge on any atom is 0.293 e. The minimum absolute atomic E-state index is 0.489. The third-order valence-electron chi connectivity index (χ3n) is 4.17. The average Bonchev–Trinajstić information content (AvgIpc) is 2.13. The molecule has 0 aromatic rings. The molecule has 0 rings (SSSR count). The molecule has 0 aromatic carbocycles. The Hall–Kier alpha value is 0.459. The molecule has 0 unspecified atom stereocenters. The predicted octanol–water partition coefficient (Wildman–Crippen LogP) is 4.94. The van der Waals surface area contributed by atoms with E-state index >= 15 is 0 Å². The molecule has 2 atom stereocenters. The normalized spacial score (nSPS) is 16.8. The van der Waals surface area contributed by atoms with E-state index in [2.05, 4.69) is 53.1 Å². The van der Waals surface area contributed by atoms with Crippen LogP contribution in [0.1, 0.15) is 26.7 Å². The molecule has 0 heterocycles. The molecule has 0 radical (unpaired) electrons. The van der Waals surface area contributed by atoms with Crippen LogP contribution in [0.2, 0.25) is 50.2 Å². The molecule has 0 amide bonds. The predicted molar refractivity (Wildman–Crippen MR) is 87.5 cm³/mol. The van der Waals surface area contributed by atoms with Crippen molar-refractivity contribution in [1.82, 2.24) is 0 Å². The molecule has 4 heteroatoms. The van der Waals surface area contributed by atoms with Crippen molar-refractivity contribution < 1.29 is 4.65 Å². The van der Waals surface area contributed by atoms with Gasteiger partial charge in [0.05, 0.1) is 0 Å². The van der Waals surface area contributed by atoms with Crippen LogP contribution in [-0.4, -0.2) is 30.2 Å². The molecule has 0 aliphatic heterocycles. The minimum Gasteiger partial charge on any atom is -0.439 e. The second-order valence-corrected chi connectivity index (χ2v) is 18.4. The van der Waals surface area contributed by atoms with Crippen LogP contribution in [0.25, 0.3) is 0 Å². The number of rotatable bonds is 7. The van der Waals surface area contributed by atoms with Gasteiger partial charge in [-0.2, -0.15) is 0 Å². The van der Waals surface area contributed by atoms with Gasteiger partial charge in [-0.25, -0.2) is 0 Å². The first kappa shape index (κ1) is 17.5. The van der Waals surface area contributed by atoms with Crippen molar-refractivity contribution in [3.8, 4) is 0 Å². The van der Waals surface area contributed by atoms with Gasteiger partial charge in [-0.3, -0.25) is 0 Å².